The molecule has 0 unspecified atom stereocenters. The molecule has 0 atom stereocenters. The highest BCUT2D eigenvalue weighted by Gasteiger charge is 2.31. The highest BCUT2D eigenvalue weighted by atomic mass is 16.5. The van der Waals surface area contributed by atoms with Crippen LogP contribution in [0.1, 0.15) is 86.1 Å². The molecule has 0 aliphatic carbocycles. The SMILES string of the molecule is Cc1c(C(C)(C)COC(C)(C)Cn2cc(C(C)(C)C)cn2)cnn1C(C)(C)C. The average Bonchev–Trinajstić information content (AvgIpc) is 3.11. The summed E-state index contributed by atoms with van der Waals surface area (Å²) in [5.74, 6) is 0. The maximum atomic E-state index is 6.40. The van der Waals surface area contributed by atoms with E-state index in [0.29, 0.717) is 6.61 Å². The van der Waals surface area contributed by atoms with Crippen LogP contribution in [-0.4, -0.2) is 31.8 Å². The Morgan fingerprint density at radius 3 is 1.96 bits per heavy atom. The first-order valence-corrected chi connectivity index (χ1v) is 10.3. The number of rotatable bonds is 6. The molecule has 28 heavy (non-hydrogen) atoms. The van der Waals surface area contributed by atoms with Crippen molar-refractivity contribution in [1.29, 1.82) is 0 Å². The summed E-state index contributed by atoms with van der Waals surface area (Å²) in [7, 11) is 0. The molecule has 2 heterocycles. The summed E-state index contributed by atoms with van der Waals surface area (Å²) >= 11 is 0. The van der Waals surface area contributed by atoms with Crippen LogP contribution in [0.2, 0.25) is 0 Å². The van der Waals surface area contributed by atoms with Crippen LogP contribution in [0.3, 0.4) is 0 Å². The highest BCUT2D eigenvalue weighted by molar-refractivity contribution is 5.26. The summed E-state index contributed by atoms with van der Waals surface area (Å²) in [6, 6.07) is 0. The summed E-state index contributed by atoms with van der Waals surface area (Å²) in [4.78, 5) is 0. The molecule has 0 aromatic carbocycles. The number of hydrogen-bond acceptors (Lipinski definition) is 3. The zero-order chi connectivity index (χ0) is 21.5. The fraction of sp³-hybridized carbons (Fsp3) is 0.739. The van der Waals surface area contributed by atoms with Crippen molar-refractivity contribution < 1.29 is 4.74 Å². The van der Waals surface area contributed by atoms with Gasteiger partial charge in [-0.2, -0.15) is 10.2 Å². The predicted molar refractivity (Wildman–Crippen MR) is 116 cm³/mol. The molecule has 158 valence electrons. The highest BCUT2D eigenvalue weighted by Crippen LogP contribution is 2.31. The van der Waals surface area contributed by atoms with E-state index in [4.69, 9.17) is 4.74 Å². The molecule has 2 aromatic rings. The van der Waals surface area contributed by atoms with E-state index in [1.165, 1.54) is 16.8 Å². The molecule has 0 fully saturated rings. The van der Waals surface area contributed by atoms with E-state index >= 15 is 0 Å². The van der Waals surface area contributed by atoms with E-state index in [9.17, 15) is 0 Å². The number of hydrogen-bond donors (Lipinski definition) is 0. The molecular formula is C23H40N4O. The van der Waals surface area contributed by atoms with Crippen molar-refractivity contribution in [3.05, 3.63) is 35.4 Å². The Morgan fingerprint density at radius 1 is 0.893 bits per heavy atom. The number of ether oxygens (including phenoxy) is 1. The largest absolute Gasteiger partial charge is 0.373 e. The van der Waals surface area contributed by atoms with Crippen LogP contribution in [0, 0.1) is 6.92 Å². The quantitative estimate of drug-likeness (QED) is 0.682. The van der Waals surface area contributed by atoms with Crippen molar-refractivity contribution >= 4 is 0 Å². The number of nitrogens with zero attached hydrogens (tertiary/aromatic N) is 4. The Balaban J connectivity index is 2.09. The normalized spacial score (nSPS) is 14.0. The second kappa shape index (κ2) is 7.33. The van der Waals surface area contributed by atoms with Crippen LogP contribution in [0.15, 0.2) is 18.6 Å². The topological polar surface area (TPSA) is 44.9 Å². The maximum Gasteiger partial charge on any atom is 0.0821 e. The lowest BCUT2D eigenvalue weighted by molar-refractivity contribution is -0.0505. The first-order valence-electron chi connectivity index (χ1n) is 10.3. The molecule has 0 amide bonds. The van der Waals surface area contributed by atoms with Gasteiger partial charge in [0.2, 0.25) is 0 Å². The van der Waals surface area contributed by atoms with Crippen LogP contribution in [-0.2, 0) is 27.7 Å². The standard InChI is InChI=1S/C23H40N4O/c1-17-19(13-25-27(17)21(5,6)7)22(8,9)16-28-23(10,11)15-26-14-18(12-24-26)20(2,3)4/h12-14H,15-16H2,1-11H3. The van der Waals surface area contributed by atoms with E-state index in [2.05, 4.69) is 97.2 Å². The third kappa shape index (κ3) is 5.25. The summed E-state index contributed by atoms with van der Waals surface area (Å²) in [5, 5.41) is 9.18. The molecule has 0 aliphatic heterocycles. The number of aromatic nitrogens is 4. The third-order valence-electron chi connectivity index (χ3n) is 5.24. The minimum Gasteiger partial charge on any atom is -0.373 e. The van der Waals surface area contributed by atoms with Gasteiger partial charge in [-0.25, -0.2) is 0 Å². The fourth-order valence-corrected chi connectivity index (χ4v) is 3.48. The molecule has 0 radical (unpaired) electrons. The molecule has 0 saturated heterocycles. The van der Waals surface area contributed by atoms with Crippen LogP contribution < -0.4 is 0 Å². The van der Waals surface area contributed by atoms with Gasteiger partial charge in [-0.15, -0.1) is 0 Å². The zero-order valence-electron chi connectivity index (χ0n) is 19.8. The summed E-state index contributed by atoms with van der Waals surface area (Å²) in [5.41, 5.74) is 3.35. The lowest BCUT2D eigenvalue weighted by Gasteiger charge is -2.32. The van der Waals surface area contributed by atoms with Gasteiger partial charge < -0.3 is 4.74 Å². The van der Waals surface area contributed by atoms with Crippen LogP contribution >= 0.6 is 0 Å². The monoisotopic (exact) mass is 388 g/mol. The third-order valence-corrected chi connectivity index (χ3v) is 5.24. The molecule has 5 nitrogen and oxygen atoms in total. The van der Waals surface area contributed by atoms with Crippen LogP contribution in [0.25, 0.3) is 0 Å². The predicted octanol–water partition coefficient (Wildman–Crippen LogP) is 5.21. The van der Waals surface area contributed by atoms with Gasteiger partial charge in [0.05, 0.1) is 36.7 Å². The van der Waals surface area contributed by atoms with Gasteiger partial charge in [0.25, 0.3) is 0 Å². The van der Waals surface area contributed by atoms with Crippen molar-refractivity contribution in [2.45, 2.75) is 105 Å². The molecule has 0 spiro atoms. The van der Waals surface area contributed by atoms with Crippen LogP contribution in [0.5, 0.6) is 0 Å². The molecule has 0 N–H and O–H groups in total. The second-order valence-corrected chi connectivity index (χ2v) is 11.3. The smallest absolute Gasteiger partial charge is 0.0821 e. The lowest BCUT2D eigenvalue weighted by atomic mass is 9.85. The Morgan fingerprint density at radius 2 is 1.50 bits per heavy atom. The lowest BCUT2D eigenvalue weighted by Crippen LogP contribution is -2.36. The molecule has 2 rings (SSSR count). The van der Waals surface area contributed by atoms with Gasteiger partial charge in [-0.05, 0) is 52.5 Å². The van der Waals surface area contributed by atoms with Gasteiger partial charge in [-0.3, -0.25) is 9.36 Å². The van der Waals surface area contributed by atoms with Gasteiger partial charge in [0.1, 0.15) is 0 Å². The van der Waals surface area contributed by atoms with Crippen molar-refractivity contribution in [2.24, 2.45) is 0 Å². The molecule has 0 aliphatic rings. The van der Waals surface area contributed by atoms with E-state index in [1.807, 2.05) is 17.1 Å². The van der Waals surface area contributed by atoms with Gasteiger partial charge in [0.15, 0.2) is 0 Å². The van der Waals surface area contributed by atoms with Crippen molar-refractivity contribution in [3.63, 3.8) is 0 Å². The van der Waals surface area contributed by atoms with E-state index in [-0.39, 0.29) is 22.0 Å². The minimum atomic E-state index is -0.313. The molecule has 0 saturated carbocycles. The van der Waals surface area contributed by atoms with E-state index < -0.39 is 0 Å². The van der Waals surface area contributed by atoms with E-state index in [0.717, 1.165) is 6.54 Å². The van der Waals surface area contributed by atoms with Gasteiger partial charge in [0, 0.05) is 22.9 Å². The Hall–Kier alpha value is -1.62. The maximum absolute atomic E-state index is 6.40. The zero-order valence-corrected chi connectivity index (χ0v) is 19.8. The average molecular weight is 389 g/mol. The second-order valence-electron chi connectivity index (χ2n) is 11.3. The molecular weight excluding hydrogens is 348 g/mol. The fourth-order valence-electron chi connectivity index (χ4n) is 3.48. The molecule has 2 aromatic heterocycles. The Labute approximate surface area is 171 Å². The summed E-state index contributed by atoms with van der Waals surface area (Å²) in [6.45, 7) is 25.4. The van der Waals surface area contributed by atoms with E-state index in [1.54, 1.807) is 0 Å². The molecule has 5 heteroatoms. The summed E-state index contributed by atoms with van der Waals surface area (Å²) in [6.07, 6.45) is 6.10. The van der Waals surface area contributed by atoms with Gasteiger partial charge in [-0.1, -0.05) is 34.6 Å². The summed E-state index contributed by atoms with van der Waals surface area (Å²) < 4.78 is 10.5. The van der Waals surface area contributed by atoms with Crippen LogP contribution in [0.4, 0.5) is 0 Å². The Kier molecular flexibility index (Phi) is 5.93. The van der Waals surface area contributed by atoms with Crippen molar-refractivity contribution in [1.82, 2.24) is 19.6 Å². The van der Waals surface area contributed by atoms with Gasteiger partial charge >= 0.3 is 0 Å². The first-order chi connectivity index (χ1) is 12.5. The van der Waals surface area contributed by atoms with Crippen molar-refractivity contribution in [3.8, 4) is 0 Å². The first kappa shape index (κ1) is 22.7. The minimum absolute atomic E-state index is 0.0244. The Bertz CT molecular complexity index is 797. The molecule has 0 bridgehead atoms. The van der Waals surface area contributed by atoms with Crippen molar-refractivity contribution in [2.75, 3.05) is 6.61 Å².